The molecule has 1 amide bonds. The van der Waals surface area contributed by atoms with E-state index in [-0.39, 0.29) is 23.2 Å². The van der Waals surface area contributed by atoms with Crippen molar-refractivity contribution in [3.63, 3.8) is 0 Å². The van der Waals surface area contributed by atoms with Gasteiger partial charge in [0.1, 0.15) is 11.6 Å². The summed E-state index contributed by atoms with van der Waals surface area (Å²) in [6.07, 6.45) is 0. The molecule has 1 fully saturated rings. The molecule has 0 radical (unpaired) electrons. The highest BCUT2D eigenvalue weighted by molar-refractivity contribution is 7.99. The number of halogens is 1. The standard InChI is InChI=1S/C26H24FN5O2S/c27-20-8-6-19(7-9-20)25-28-29-26(32(25)22-4-2-1-3-5-22)35-18-24(34)31-16-14-30(15-17-31)21-10-12-23(33)13-11-21/h1-13,33H,14-18H2. The number of anilines is 1. The molecule has 9 heteroatoms. The van der Waals surface area contributed by atoms with Crippen LogP contribution in [0.25, 0.3) is 17.1 Å². The van der Waals surface area contributed by atoms with E-state index < -0.39 is 0 Å². The minimum absolute atomic E-state index is 0.0475. The average Bonchev–Trinajstić information content (AvgIpc) is 3.33. The Morgan fingerprint density at radius 3 is 2.23 bits per heavy atom. The summed E-state index contributed by atoms with van der Waals surface area (Å²) in [5.41, 5.74) is 2.65. The molecule has 2 heterocycles. The molecule has 1 saturated heterocycles. The van der Waals surface area contributed by atoms with Crippen molar-refractivity contribution in [2.45, 2.75) is 5.16 Å². The Kier molecular flexibility index (Phi) is 6.67. The first-order chi connectivity index (χ1) is 17.1. The van der Waals surface area contributed by atoms with Gasteiger partial charge in [-0.05, 0) is 60.7 Å². The molecule has 0 atom stereocenters. The third-order valence-electron chi connectivity index (χ3n) is 5.92. The van der Waals surface area contributed by atoms with E-state index in [0.717, 1.165) is 30.0 Å². The molecular weight excluding hydrogens is 465 g/mol. The molecule has 0 aliphatic carbocycles. The van der Waals surface area contributed by atoms with Gasteiger partial charge in [0.25, 0.3) is 0 Å². The molecule has 0 unspecified atom stereocenters. The molecular formula is C26H24FN5O2S. The van der Waals surface area contributed by atoms with Crippen LogP contribution in [0, 0.1) is 5.82 Å². The molecule has 0 spiro atoms. The molecule has 0 saturated carbocycles. The van der Waals surface area contributed by atoms with E-state index in [1.807, 2.05) is 51.9 Å². The van der Waals surface area contributed by atoms with Crippen LogP contribution in [-0.4, -0.2) is 62.6 Å². The minimum atomic E-state index is -0.315. The monoisotopic (exact) mass is 489 g/mol. The number of piperazine rings is 1. The van der Waals surface area contributed by atoms with Crippen molar-refractivity contribution >= 4 is 23.4 Å². The van der Waals surface area contributed by atoms with Gasteiger partial charge < -0.3 is 14.9 Å². The van der Waals surface area contributed by atoms with Crippen LogP contribution in [0.5, 0.6) is 5.75 Å². The SMILES string of the molecule is O=C(CSc1nnc(-c2ccc(F)cc2)n1-c1ccccc1)N1CCN(c2ccc(O)cc2)CC1. The van der Waals surface area contributed by atoms with Crippen LogP contribution in [0.15, 0.2) is 84.0 Å². The molecule has 1 N–H and O–H groups in total. The Morgan fingerprint density at radius 2 is 1.54 bits per heavy atom. The molecule has 4 aromatic rings. The molecule has 3 aromatic carbocycles. The highest BCUT2D eigenvalue weighted by Gasteiger charge is 2.23. The number of carbonyl (C=O) groups is 1. The number of phenols is 1. The van der Waals surface area contributed by atoms with Crippen molar-refractivity contribution in [2.75, 3.05) is 36.8 Å². The van der Waals surface area contributed by atoms with Crippen LogP contribution >= 0.6 is 11.8 Å². The van der Waals surface area contributed by atoms with Gasteiger partial charge in [0, 0.05) is 43.1 Å². The molecule has 1 aromatic heterocycles. The Morgan fingerprint density at radius 1 is 0.857 bits per heavy atom. The van der Waals surface area contributed by atoms with Gasteiger partial charge in [-0.25, -0.2) is 4.39 Å². The van der Waals surface area contributed by atoms with Crippen molar-refractivity contribution in [2.24, 2.45) is 0 Å². The first-order valence-corrected chi connectivity index (χ1v) is 12.3. The van der Waals surface area contributed by atoms with Crippen molar-refractivity contribution in [1.29, 1.82) is 0 Å². The molecule has 5 rings (SSSR count). The maximum Gasteiger partial charge on any atom is 0.233 e. The van der Waals surface area contributed by atoms with Crippen LogP contribution in [0.1, 0.15) is 0 Å². The van der Waals surface area contributed by atoms with Gasteiger partial charge in [-0.3, -0.25) is 9.36 Å². The third kappa shape index (κ3) is 5.14. The van der Waals surface area contributed by atoms with E-state index in [4.69, 9.17) is 0 Å². The van der Waals surface area contributed by atoms with Gasteiger partial charge in [-0.2, -0.15) is 0 Å². The fraction of sp³-hybridized carbons (Fsp3) is 0.192. The number of carbonyl (C=O) groups excluding carboxylic acids is 1. The van der Waals surface area contributed by atoms with Crippen LogP contribution in [0.3, 0.4) is 0 Å². The summed E-state index contributed by atoms with van der Waals surface area (Å²) in [6.45, 7) is 2.73. The predicted octanol–water partition coefficient (Wildman–Crippen LogP) is 4.22. The lowest BCUT2D eigenvalue weighted by atomic mass is 10.2. The highest BCUT2D eigenvalue weighted by Crippen LogP contribution is 2.28. The van der Waals surface area contributed by atoms with Crippen LogP contribution in [0.2, 0.25) is 0 Å². The van der Waals surface area contributed by atoms with Gasteiger partial charge in [0.15, 0.2) is 11.0 Å². The van der Waals surface area contributed by atoms with Gasteiger partial charge in [-0.15, -0.1) is 10.2 Å². The largest absolute Gasteiger partial charge is 0.508 e. The summed E-state index contributed by atoms with van der Waals surface area (Å²) in [6, 6.07) is 22.9. The highest BCUT2D eigenvalue weighted by atomic mass is 32.2. The zero-order valence-electron chi connectivity index (χ0n) is 18.9. The topological polar surface area (TPSA) is 74.5 Å². The number of amides is 1. The Hall–Kier alpha value is -3.85. The van der Waals surface area contributed by atoms with E-state index in [2.05, 4.69) is 15.1 Å². The van der Waals surface area contributed by atoms with Crippen molar-refractivity contribution in [3.05, 3.63) is 84.7 Å². The van der Waals surface area contributed by atoms with Crippen molar-refractivity contribution in [3.8, 4) is 22.8 Å². The number of aromatic nitrogens is 3. The van der Waals surface area contributed by atoms with Gasteiger partial charge >= 0.3 is 0 Å². The Balaban J connectivity index is 1.28. The molecule has 178 valence electrons. The Labute approximate surface area is 206 Å². The minimum Gasteiger partial charge on any atom is -0.508 e. The second-order valence-electron chi connectivity index (χ2n) is 8.16. The van der Waals surface area contributed by atoms with E-state index in [0.29, 0.717) is 24.1 Å². The quantitative estimate of drug-likeness (QED) is 0.409. The number of benzene rings is 3. The van der Waals surface area contributed by atoms with Crippen molar-refractivity contribution in [1.82, 2.24) is 19.7 Å². The first kappa shape index (κ1) is 22.9. The second-order valence-corrected chi connectivity index (χ2v) is 9.10. The fourth-order valence-electron chi connectivity index (χ4n) is 4.05. The van der Waals surface area contributed by atoms with E-state index in [1.54, 1.807) is 24.3 Å². The number of phenolic OH excluding ortho intramolecular Hbond substituents is 1. The average molecular weight is 490 g/mol. The predicted molar refractivity (Wildman–Crippen MR) is 134 cm³/mol. The second kappa shape index (κ2) is 10.2. The summed E-state index contributed by atoms with van der Waals surface area (Å²) in [7, 11) is 0. The molecule has 1 aliphatic heterocycles. The maximum atomic E-state index is 13.5. The van der Waals surface area contributed by atoms with Crippen LogP contribution in [0.4, 0.5) is 10.1 Å². The van der Waals surface area contributed by atoms with Gasteiger partial charge in [0.2, 0.25) is 5.91 Å². The molecule has 1 aliphatic rings. The number of nitrogens with zero attached hydrogens (tertiary/aromatic N) is 5. The lowest BCUT2D eigenvalue weighted by molar-refractivity contribution is -0.128. The Bertz CT molecular complexity index is 1290. The van der Waals surface area contributed by atoms with E-state index in [1.165, 1.54) is 23.9 Å². The lowest BCUT2D eigenvalue weighted by Gasteiger charge is -2.36. The van der Waals surface area contributed by atoms with Crippen molar-refractivity contribution < 1.29 is 14.3 Å². The summed E-state index contributed by atoms with van der Waals surface area (Å²) in [5, 5.41) is 18.8. The van der Waals surface area contributed by atoms with Gasteiger partial charge in [0.05, 0.1) is 5.75 Å². The maximum absolute atomic E-state index is 13.5. The summed E-state index contributed by atoms with van der Waals surface area (Å²) in [5.74, 6) is 0.809. The third-order valence-corrected chi connectivity index (χ3v) is 6.84. The van der Waals surface area contributed by atoms with Crippen LogP contribution < -0.4 is 4.90 Å². The lowest BCUT2D eigenvalue weighted by Crippen LogP contribution is -2.49. The number of rotatable bonds is 6. The number of aromatic hydroxyl groups is 1. The summed E-state index contributed by atoms with van der Waals surface area (Å²) >= 11 is 1.34. The van der Waals surface area contributed by atoms with Crippen LogP contribution in [-0.2, 0) is 4.79 Å². The van der Waals surface area contributed by atoms with E-state index >= 15 is 0 Å². The van der Waals surface area contributed by atoms with Gasteiger partial charge in [-0.1, -0.05) is 30.0 Å². The molecule has 35 heavy (non-hydrogen) atoms. The normalized spacial score (nSPS) is 13.7. The number of hydrogen-bond donors (Lipinski definition) is 1. The first-order valence-electron chi connectivity index (χ1n) is 11.3. The summed E-state index contributed by atoms with van der Waals surface area (Å²) in [4.78, 5) is 17.1. The number of para-hydroxylation sites is 1. The number of hydrogen-bond acceptors (Lipinski definition) is 6. The smallest absolute Gasteiger partial charge is 0.233 e. The van der Waals surface area contributed by atoms with E-state index in [9.17, 15) is 14.3 Å². The summed E-state index contributed by atoms with van der Waals surface area (Å²) < 4.78 is 15.3. The zero-order valence-corrected chi connectivity index (χ0v) is 19.7. The zero-order chi connectivity index (χ0) is 24.2. The number of thioether (sulfide) groups is 1. The fourth-order valence-corrected chi connectivity index (χ4v) is 4.91. The molecule has 0 bridgehead atoms. The molecule has 7 nitrogen and oxygen atoms in total.